The van der Waals surface area contributed by atoms with Crippen LogP contribution in [0.1, 0.15) is 81.1 Å². The van der Waals surface area contributed by atoms with Gasteiger partial charge in [-0.1, -0.05) is 60.7 Å². The van der Waals surface area contributed by atoms with E-state index in [0.29, 0.717) is 37.1 Å². The maximum atomic E-state index is 13.4. The van der Waals surface area contributed by atoms with Gasteiger partial charge in [-0.15, -0.1) is 0 Å². The molecule has 344 valence electrons. The third kappa shape index (κ3) is 8.90. The predicted molar refractivity (Wildman–Crippen MR) is 222 cm³/mol. The zero-order valence-electron chi connectivity index (χ0n) is 35.1. The second-order valence-corrected chi connectivity index (χ2v) is 16.5. The average Bonchev–Trinajstić information content (AvgIpc) is 4.12. The molecule has 2 aliphatic heterocycles. The number of anilines is 2. The number of cyclic esters (lactones) is 2. The van der Waals surface area contributed by atoms with Crippen molar-refractivity contribution in [2.24, 2.45) is 11.8 Å². The van der Waals surface area contributed by atoms with Crippen molar-refractivity contribution in [3.05, 3.63) is 119 Å². The molecule has 0 spiro atoms. The van der Waals surface area contributed by atoms with Crippen molar-refractivity contribution in [3.8, 4) is 0 Å². The standard InChI is InChI=1S/2C22H20F3N5O3/c2*1-12-9-17(29-11-16(33-21(29)32)13-5-3-2-4-6-13)27-19-15(10-26-30(12)19)20(31)28-18(14-7-8-14)22(23,24)25/h2*2-6,9-10,14,16,18H,7-8,11H2,1H3,(H,28,31)/t2*16-,18?/m10/s1. The Morgan fingerprint density at radius 1 is 0.621 bits per heavy atom. The van der Waals surface area contributed by atoms with Gasteiger partial charge < -0.3 is 20.1 Å². The number of carbonyl (C=O) groups excluding carboxylic acids is 4. The summed E-state index contributed by atoms with van der Waals surface area (Å²) in [6.07, 6.45) is -7.23. The lowest BCUT2D eigenvalue weighted by atomic mass is 10.1. The molecule has 2 aromatic carbocycles. The van der Waals surface area contributed by atoms with Gasteiger partial charge in [0.05, 0.1) is 25.5 Å². The van der Waals surface area contributed by atoms with Gasteiger partial charge in [-0.25, -0.2) is 28.6 Å². The molecular weight excluding hydrogens is 879 g/mol. The van der Waals surface area contributed by atoms with Crippen LogP contribution in [0.25, 0.3) is 11.3 Å². The van der Waals surface area contributed by atoms with Crippen molar-refractivity contribution < 1.29 is 55.0 Å². The monoisotopic (exact) mass is 918 g/mol. The van der Waals surface area contributed by atoms with Crippen LogP contribution in [-0.4, -0.2) is 90.7 Å². The number of halogens is 6. The Morgan fingerprint density at radius 2 is 0.985 bits per heavy atom. The highest BCUT2D eigenvalue weighted by Crippen LogP contribution is 2.42. The van der Waals surface area contributed by atoms with Crippen LogP contribution in [0.3, 0.4) is 0 Å². The minimum Gasteiger partial charge on any atom is -0.439 e. The van der Waals surface area contributed by atoms with Gasteiger partial charge in [0.1, 0.15) is 47.1 Å². The molecule has 2 saturated carbocycles. The lowest BCUT2D eigenvalue weighted by Crippen LogP contribution is -2.46. The third-order valence-electron chi connectivity index (χ3n) is 11.7. The number of hydrogen-bond donors (Lipinski definition) is 2. The van der Waals surface area contributed by atoms with Crippen molar-refractivity contribution in [3.63, 3.8) is 0 Å². The highest BCUT2D eigenvalue weighted by atomic mass is 19.4. The molecule has 22 heteroatoms. The van der Waals surface area contributed by atoms with E-state index < -0.39 is 72.5 Å². The summed E-state index contributed by atoms with van der Waals surface area (Å²) < 4.78 is 93.9. The van der Waals surface area contributed by atoms with Gasteiger partial charge >= 0.3 is 24.5 Å². The van der Waals surface area contributed by atoms with Crippen LogP contribution < -0.4 is 20.4 Å². The Kier molecular flexibility index (Phi) is 11.3. The van der Waals surface area contributed by atoms with Gasteiger partial charge in [-0.3, -0.25) is 19.4 Å². The number of rotatable bonds is 10. The van der Waals surface area contributed by atoms with E-state index in [-0.39, 0.29) is 47.1 Å². The lowest BCUT2D eigenvalue weighted by Gasteiger charge is -2.21. The summed E-state index contributed by atoms with van der Waals surface area (Å²) >= 11 is 0. The molecule has 6 aromatic rings. The Labute approximate surface area is 370 Å². The number of nitrogens with one attached hydrogen (secondary N) is 2. The Bertz CT molecular complexity index is 2640. The normalized spacial score (nSPS) is 19.6. The second-order valence-electron chi connectivity index (χ2n) is 16.5. The fourth-order valence-corrected chi connectivity index (χ4v) is 8.00. The molecule has 4 atom stereocenters. The maximum absolute atomic E-state index is 13.4. The molecule has 66 heavy (non-hydrogen) atoms. The van der Waals surface area contributed by atoms with E-state index in [0.717, 1.165) is 11.1 Å². The minimum atomic E-state index is -4.54. The molecule has 16 nitrogen and oxygen atoms in total. The summed E-state index contributed by atoms with van der Waals surface area (Å²) in [4.78, 5) is 62.0. The number of aromatic nitrogens is 6. The average molecular weight is 919 g/mol. The van der Waals surface area contributed by atoms with Crippen molar-refractivity contribution in [1.82, 2.24) is 39.8 Å². The van der Waals surface area contributed by atoms with Crippen molar-refractivity contribution in [1.29, 1.82) is 0 Å². The predicted octanol–water partition coefficient (Wildman–Crippen LogP) is 7.61. The lowest BCUT2D eigenvalue weighted by molar-refractivity contribution is -0.158. The number of hydrogen-bond acceptors (Lipinski definition) is 10. The van der Waals surface area contributed by atoms with E-state index in [4.69, 9.17) is 9.47 Å². The van der Waals surface area contributed by atoms with Crippen molar-refractivity contribution >= 4 is 46.9 Å². The van der Waals surface area contributed by atoms with E-state index in [1.165, 1.54) is 31.2 Å². The molecular formula is C44H40F6N10O6. The van der Waals surface area contributed by atoms with E-state index in [9.17, 15) is 45.5 Å². The van der Waals surface area contributed by atoms with E-state index in [1.54, 1.807) is 26.0 Å². The number of carbonyl (C=O) groups is 4. The van der Waals surface area contributed by atoms with E-state index >= 15 is 0 Å². The van der Waals surface area contributed by atoms with Crippen LogP contribution >= 0.6 is 0 Å². The number of alkyl halides is 6. The van der Waals surface area contributed by atoms with Gasteiger partial charge in [0.2, 0.25) is 0 Å². The highest BCUT2D eigenvalue weighted by molar-refractivity contribution is 6.01. The molecule has 2 saturated heterocycles. The second kappa shape index (κ2) is 16.9. The fourth-order valence-electron chi connectivity index (χ4n) is 8.00. The third-order valence-corrected chi connectivity index (χ3v) is 11.7. The first kappa shape index (κ1) is 44.0. The Morgan fingerprint density at radius 3 is 1.32 bits per heavy atom. The summed E-state index contributed by atoms with van der Waals surface area (Å²) in [5.74, 6) is -2.59. The zero-order valence-corrected chi connectivity index (χ0v) is 35.1. The molecule has 4 amide bonds. The molecule has 10 rings (SSSR count). The van der Waals surface area contributed by atoms with Crippen LogP contribution in [0.2, 0.25) is 0 Å². The van der Waals surface area contributed by atoms with Crippen LogP contribution in [-0.2, 0) is 9.47 Å². The maximum Gasteiger partial charge on any atom is 0.416 e. The molecule has 4 aromatic heterocycles. The number of nitrogens with zero attached hydrogens (tertiary/aromatic N) is 8. The van der Waals surface area contributed by atoms with Gasteiger partial charge in [-0.05, 0) is 62.5 Å². The fraction of sp³-hybridized carbons (Fsp3) is 0.364. The van der Waals surface area contributed by atoms with Gasteiger partial charge in [-0.2, -0.15) is 36.5 Å². The molecule has 4 fully saturated rings. The summed E-state index contributed by atoms with van der Waals surface area (Å²) in [5.41, 5.74) is 2.70. The van der Waals surface area contributed by atoms with Crippen LogP contribution in [0.4, 0.5) is 47.6 Å². The number of benzene rings is 2. The largest absolute Gasteiger partial charge is 0.439 e. The molecule has 4 aliphatic rings. The topological polar surface area (TPSA) is 178 Å². The molecule has 0 bridgehead atoms. The molecule has 2 N–H and O–H groups in total. The Balaban J connectivity index is 0.000000166. The first-order valence-corrected chi connectivity index (χ1v) is 21.0. The van der Waals surface area contributed by atoms with Crippen LogP contribution in [0, 0.1) is 25.7 Å². The molecule has 0 radical (unpaired) electrons. The number of ether oxygens (including phenoxy) is 2. The van der Waals surface area contributed by atoms with Gasteiger partial charge in [0.15, 0.2) is 11.3 Å². The quantitative estimate of drug-likeness (QED) is 0.130. The SMILES string of the molecule is Cc1cc(N2C[C@@H](c3ccccc3)OC2=O)nc2c(C(=O)NC(C3CC3)C(F)(F)F)cnn12.Cc1cc(N2C[C@H](c3ccccc3)OC2=O)nc2c(C(=O)NC(C3CC3)C(F)(F)F)cnn12. The molecule has 2 unspecified atom stereocenters. The van der Waals surface area contributed by atoms with Gasteiger partial charge in [0, 0.05) is 23.5 Å². The number of amides is 4. The summed E-state index contributed by atoms with van der Waals surface area (Å²) in [5, 5.41) is 12.4. The zero-order chi connectivity index (χ0) is 46.7. The summed E-state index contributed by atoms with van der Waals surface area (Å²) in [6, 6.07) is 17.9. The number of aryl methyl sites for hydroxylation is 2. The smallest absolute Gasteiger partial charge is 0.416 e. The van der Waals surface area contributed by atoms with E-state index in [1.807, 2.05) is 60.7 Å². The first-order valence-electron chi connectivity index (χ1n) is 21.0. The van der Waals surface area contributed by atoms with Gasteiger partial charge in [0.25, 0.3) is 11.8 Å². The van der Waals surface area contributed by atoms with Crippen molar-refractivity contribution in [2.45, 2.75) is 76.2 Å². The summed E-state index contributed by atoms with van der Waals surface area (Å²) in [6.45, 7) is 3.81. The highest BCUT2D eigenvalue weighted by Gasteiger charge is 2.51. The van der Waals surface area contributed by atoms with E-state index in [2.05, 4.69) is 30.8 Å². The molecule has 2 aliphatic carbocycles. The number of fused-ring (bicyclic) bond motifs is 2. The minimum absolute atomic E-state index is 0.0650. The molecule has 6 heterocycles. The summed E-state index contributed by atoms with van der Waals surface area (Å²) in [7, 11) is 0. The van der Waals surface area contributed by atoms with Crippen LogP contribution in [0.15, 0.2) is 85.2 Å². The Hall–Kier alpha value is -7.26. The van der Waals surface area contributed by atoms with Crippen LogP contribution in [0.5, 0.6) is 0 Å². The first-order chi connectivity index (χ1) is 31.4. The van der Waals surface area contributed by atoms with Crippen molar-refractivity contribution in [2.75, 3.05) is 22.9 Å².